The molecule has 2 bridgehead atoms. The number of pyridine rings is 1. The van der Waals surface area contributed by atoms with Crippen molar-refractivity contribution in [2.75, 3.05) is 19.0 Å². The monoisotopic (exact) mass is 645 g/mol. The van der Waals surface area contributed by atoms with Crippen LogP contribution in [0.25, 0.3) is 10.9 Å². The molecule has 0 amide bonds. The van der Waals surface area contributed by atoms with Gasteiger partial charge in [0, 0.05) is 48.5 Å². The van der Waals surface area contributed by atoms with Crippen LogP contribution in [0.5, 0.6) is 5.75 Å². The topological polar surface area (TPSA) is 92.3 Å². The van der Waals surface area contributed by atoms with Crippen molar-refractivity contribution < 1.29 is 28.7 Å². The highest BCUT2D eigenvalue weighted by molar-refractivity contribution is 5.91. The number of hydrogen-bond acceptors (Lipinski definition) is 9. The fraction of sp³-hybridized carbons (Fsp3) is 0.605. The molecule has 5 fully saturated rings. The van der Waals surface area contributed by atoms with Crippen LogP contribution in [0, 0.1) is 23.7 Å². The lowest BCUT2D eigenvalue weighted by Gasteiger charge is -2.60. The van der Waals surface area contributed by atoms with E-state index in [1.165, 1.54) is 12.0 Å². The molecular weight excluding hydrogens is 594 g/mol. The summed E-state index contributed by atoms with van der Waals surface area (Å²) in [6.07, 6.45) is 7.21. The molecule has 2 aromatic carbocycles. The molecule has 0 radical (unpaired) electrons. The molecule has 1 spiro atoms. The molecule has 4 aliphatic heterocycles. The van der Waals surface area contributed by atoms with Crippen LogP contribution in [0.2, 0.25) is 0 Å². The maximum Gasteiger partial charge on any atom is 0.201 e. The Bertz CT molecular complexity index is 1520. The van der Waals surface area contributed by atoms with Gasteiger partial charge < -0.3 is 29.6 Å². The summed E-state index contributed by atoms with van der Waals surface area (Å²) < 4.78 is 25.0. The van der Waals surface area contributed by atoms with Gasteiger partial charge in [-0.2, -0.15) is 0 Å². The lowest BCUT2D eigenvalue weighted by molar-refractivity contribution is -0.577. The van der Waals surface area contributed by atoms with Crippen molar-refractivity contribution in [3.63, 3.8) is 0 Å². The van der Waals surface area contributed by atoms with Gasteiger partial charge in [0.05, 0.1) is 24.9 Å². The number of hydrogen-bond donors (Lipinski definition) is 2. The van der Waals surface area contributed by atoms with Gasteiger partial charge in [0.2, 0.25) is 5.79 Å². The fourth-order valence-electron chi connectivity index (χ4n) is 8.49. The summed E-state index contributed by atoms with van der Waals surface area (Å²) in [5.74, 6) is 1.40. The Morgan fingerprint density at radius 1 is 1.02 bits per heavy atom. The first-order chi connectivity index (χ1) is 22.8. The van der Waals surface area contributed by atoms with Gasteiger partial charge in [0.15, 0.2) is 18.2 Å². The first-order valence-corrected chi connectivity index (χ1v) is 17.6. The predicted molar refractivity (Wildman–Crippen MR) is 180 cm³/mol. The number of fused-ring (bicyclic) bond motifs is 3. The zero-order valence-electron chi connectivity index (χ0n) is 28.5. The van der Waals surface area contributed by atoms with Gasteiger partial charge in [0.1, 0.15) is 5.75 Å². The predicted octanol–water partition coefficient (Wildman–Crippen LogP) is 7.34. The molecule has 5 aliphatic rings. The van der Waals surface area contributed by atoms with E-state index < -0.39 is 17.7 Å². The minimum Gasteiger partial charge on any atom is -0.497 e. The smallest absolute Gasteiger partial charge is 0.201 e. The molecule has 1 aromatic heterocycles. The summed E-state index contributed by atoms with van der Waals surface area (Å²) >= 11 is 0. The normalized spacial score (nSPS) is 33.6. The number of anilines is 1. The molecule has 9 atom stereocenters. The number of methoxy groups -OCH3 is 1. The molecular formula is C38H51N3O6. The van der Waals surface area contributed by atoms with Crippen molar-refractivity contribution in [3.05, 3.63) is 65.9 Å². The summed E-state index contributed by atoms with van der Waals surface area (Å²) in [5.41, 5.74) is 3.82. The second kappa shape index (κ2) is 13.6. The van der Waals surface area contributed by atoms with Crippen LogP contribution in [-0.2, 0) is 37.1 Å². The van der Waals surface area contributed by atoms with Gasteiger partial charge in [-0.3, -0.25) is 4.98 Å². The summed E-state index contributed by atoms with van der Waals surface area (Å²) in [4.78, 5) is 16.8. The van der Waals surface area contributed by atoms with E-state index in [2.05, 4.69) is 66.7 Å². The van der Waals surface area contributed by atoms with Crippen LogP contribution in [-0.4, -0.2) is 48.6 Å². The van der Waals surface area contributed by atoms with Crippen molar-refractivity contribution in [1.82, 2.24) is 10.3 Å². The molecule has 9 heteroatoms. The Morgan fingerprint density at radius 2 is 1.85 bits per heavy atom. The largest absolute Gasteiger partial charge is 0.497 e. The van der Waals surface area contributed by atoms with Crippen molar-refractivity contribution in [2.45, 2.75) is 109 Å². The third kappa shape index (κ3) is 6.51. The van der Waals surface area contributed by atoms with Crippen molar-refractivity contribution in [1.29, 1.82) is 0 Å². The molecule has 9 nitrogen and oxygen atoms in total. The molecule has 5 heterocycles. The van der Waals surface area contributed by atoms with E-state index in [4.69, 9.17) is 28.7 Å². The third-order valence-electron chi connectivity index (χ3n) is 11.2. The maximum atomic E-state index is 6.59. The van der Waals surface area contributed by atoms with E-state index in [0.717, 1.165) is 73.1 Å². The molecule has 1 aliphatic carbocycles. The standard InChI is InChI=1S/C38H51N3O6/c1-24-10-15-32-26(3)35(44-36-38(32)31(24)16-17-37(4,45-36)46-47-38)43-23-28-13-11-27(12-14-28)22-39-18-6-8-25(2)41-33-21-30(42-5)20-29-9-7-19-40-34(29)33/h7,9,11-14,19-21,24-26,31-32,35-36,39,41H,6,8,10,15-18,22-23H2,1-5H3/t24-,25?,26-,31+,32?,35+,36-,37-,38-/m1/s1. The fourth-order valence-corrected chi connectivity index (χ4v) is 8.49. The lowest BCUT2D eigenvalue weighted by Crippen LogP contribution is -2.70. The molecule has 254 valence electrons. The molecule has 2 unspecified atom stereocenters. The Labute approximate surface area is 278 Å². The number of rotatable bonds is 12. The summed E-state index contributed by atoms with van der Waals surface area (Å²) in [6.45, 7) is 11.0. The van der Waals surface area contributed by atoms with Gasteiger partial charge in [-0.15, -0.1) is 0 Å². The number of aromatic nitrogens is 1. The zero-order valence-corrected chi connectivity index (χ0v) is 28.5. The molecule has 8 rings (SSSR count). The Balaban J connectivity index is 0.868. The second-order valence-electron chi connectivity index (χ2n) is 14.5. The Kier molecular flexibility index (Phi) is 9.48. The molecule has 4 saturated heterocycles. The van der Waals surface area contributed by atoms with E-state index in [-0.39, 0.29) is 18.1 Å². The highest BCUT2D eigenvalue weighted by atomic mass is 17.3. The second-order valence-corrected chi connectivity index (χ2v) is 14.5. The van der Waals surface area contributed by atoms with Crippen molar-refractivity contribution in [2.24, 2.45) is 23.7 Å². The number of nitrogens with zero attached hydrogens (tertiary/aromatic N) is 1. The van der Waals surface area contributed by atoms with Gasteiger partial charge in [0.25, 0.3) is 0 Å². The van der Waals surface area contributed by atoms with Gasteiger partial charge in [-0.25, -0.2) is 9.78 Å². The first-order valence-electron chi connectivity index (χ1n) is 17.6. The van der Waals surface area contributed by atoms with Crippen LogP contribution >= 0.6 is 0 Å². The van der Waals surface area contributed by atoms with Crippen LogP contribution in [0.15, 0.2) is 54.7 Å². The minimum absolute atomic E-state index is 0.170. The molecule has 2 N–H and O–H groups in total. The lowest BCUT2D eigenvalue weighted by atomic mass is 9.58. The van der Waals surface area contributed by atoms with E-state index in [1.54, 1.807) is 7.11 Å². The van der Waals surface area contributed by atoms with Crippen molar-refractivity contribution in [3.8, 4) is 5.75 Å². The molecule has 3 aromatic rings. The highest BCUT2D eigenvalue weighted by Gasteiger charge is 2.69. The maximum absolute atomic E-state index is 6.59. The van der Waals surface area contributed by atoms with Crippen molar-refractivity contribution >= 4 is 16.6 Å². The van der Waals surface area contributed by atoms with Gasteiger partial charge in [-0.05, 0) is 87.6 Å². The van der Waals surface area contributed by atoms with Crippen LogP contribution < -0.4 is 15.4 Å². The summed E-state index contributed by atoms with van der Waals surface area (Å²) in [5, 5.41) is 8.31. The number of benzene rings is 2. The number of nitrogens with one attached hydrogen (secondary N) is 2. The highest BCUT2D eigenvalue weighted by Crippen LogP contribution is 2.60. The quantitative estimate of drug-likeness (QED) is 0.155. The summed E-state index contributed by atoms with van der Waals surface area (Å²) in [6, 6.07) is 17.1. The Hall–Kier alpha value is -2.79. The van der Waals surface area contributed by atoms with Crippen LogP contribution in [0.1, 0.15) is 77.3 Å². The van der Waals surface area contributed by atoms with E-state index >= 15 is 0 Å². The van der Waals surface area contributed by atoms with E-state index in [9.17, 15) is 0 Å². The van der Waals surface area contributed by atoms with Crippen LogP contribution in [0.3, 0.4) is 0 Å². The average Bonchev–Trinajstić information content (AvgIpc) is 3.31. The number of ether oxygens (including phenoxy) is 4. The van der Waals surface area contributed by atoms with Gasteiger partial charge in [-0.1, -0.05) is 44.2 Å². The Morgan fingerprint density at radius 3 is 2.68 bits per heavy atom. The first kappa shape index (κ1) is 32.7. The SMILES string of the molecule is COc1cc(NC(C)CCCNCc2ccc(CO[C@H]3O[C@@H]4O[C@@]5(C)CC[C@H]6[C@H](C)CCC([C@H]3C)[C@@]46OO5)cc2)c2ncccc2c1. The molecule has 47 heavy (non-hydrogen) atoms. The minimum atomic E-state index is -0.772. The van der Waals surface area contributed by atoms with Gasteiger partial charge >= 0.3 is 0 Å². The van der Waals surface area contributed by atoms with Crippen LogP contribution in [0.4, 0.5) is 5.69 Å². The average molecular weight is 646 g/mol. The zero-order chi connectivity index (χ0) is 32.6. The van der Waals surface area contributed by atoms with E-state index in [0.29, 0.717) is 24.5 Å². The van der Waals surface area contributed by atoms with E-state index in [1.807, 2.05) is 31.3 Å². The molecule has 1 saturated carbocycles. The summed E-state index contributed by atoms with van der Waals surface area (Å²) in [7, 11) is 1.70. The third-order valence-corrected chi connectivity index (χ3v) is 11.2.